The maximum Gasteiger partial charge on any atom is 0.249 e. The molecule has 2 N–H and O–H groups in total. The number of hydrogen-bond donors (Lipinski definition) is 1. The van der Waals surface area contributed by atoms with Crippen LogP contribution in [0.1, 0.15) is 17.2 Å². The van der Waals surface area contributed by atoms with Gasteiger partial charge in [0.15, 0.2) is 6.10 Å². The van der Waals surface area contributed by atoms with E-state index < -0.39 is 34.6 Å². The van der Waals surface area contributed by atoms with Gasteiger partial charge in [-0.2, -0.15) is 0 Å². The Morgan fingerprint density at radius 2 is 1.77 bits per heavy atom. The molecule has 26 heavy (non-hydrogen) atoms. The van der Waals surface area contributed by atoms with Crippen molar-refractivity contribution >= 4 is 28.5 Å². The monoisotopic (exact) mass is 399 g/mol. The highest BCUT2D eigenvalue weighted by molar-refractivity contribution is 7.79. The van der Waals surface area contributed by atoms with Crippen molar-refractivity contribution in [2.24, 2.45) is 5.73 Å². The Kier molecular flexibility index (Phi) is 5.24. The highest BCUT2D eigenvalue weighted by atomic mass is 35.5. The molecule has 9 heteroatoms. The Morgan fingerprint density at radius 1 is 1.15 bits per heavy atom. The van der Waals surface area contributed by atoms with Crippen LogP contribution in [-0.2, 0) is 30.5 Å². The fourth-order valence-corrected chi connectivity index (χ4v) is 3.34. The van der Waals surface area contributed by atoms with Crippen LogP contribution < -0.4 is 5.73 Å². The topological polar surface area (TPSA) is 78.6 Å². The van der Waals surface area contributed by atoms with Crippen molar-refractivity contribution in [3.8, 4) is 0 Å². The molecule has 0 radical (unpaired) electrons. The summed E-state index contributed by atoms with van der Waals surface area (Å²) in [5, 5.41) is 0.486. The number of benzene rings is 2. The number of halogens is 3. The normalized spacial score (nSPS) is 18.0. The number of nitrogens with two attached hydrogens (primary N) is 1. The number of hydrogen-bond acceptors (Lipinski definition) is 5. The van der Waals surface area contributed by atoms with E-state index in [0.717, 1.165) is 12.1 Å². The molecule has 1 aliphatic heterocycles. The fraction of sp³-hybridized carbons (Fsp3) is 0.118. The molecule has 2 aromatic rings. The van der Waals surface area contributed by atoms with Gasteiger partial charge in [0.1, 0.15) is 11.6 Å². The van der Waals surface area contributed by atoms with Crippen molar-refractivity contribution in [3.63, 3.8) is 0 Å². The van der Waals surface area contributed by atoms with Gasteiger partial charge in [0, 0.05) is 16.7 Å². The van der Waals surface area contributed by atoms with Gasteiger partial charge in [-0.1, -0.05) is 23.7 Å². The van der Waals surface area contributed by atoms with Crippen LogP contribution >= 0.6 is 11.6 Å². The van der Waals surface area contributed by atoms with Gasteiger partial charge in [-0.25, -0.2) is 13.0 Å². The van der Waals surface area contributed by atoms with Crippen LogP contribution in [0.25, 0.3) is 0 Å². The summed E-state index contributed by atoms with van der Waals surface area (Å²) in [5.74, 6) is -3.25. The van der Waals surface area contributed by atoms with Gasteiger partial charge in [-0.15, -0.1) is 0 Å². The molecule has 2 aromatic carbocycles. The Bertz CT molecular complexity index is 897. The molecule has 1 aliphatic rings. The van der Waals surface area contributed by atoms with E-state index in [2.05, 4.69) is 0 Å². The van der Waals surface area contributed by atoms with Crippen LogP contribution in [0.3, 0.4) is 0 Å². The maximum absolute atomic E-state index is 13.2. The average molecular weight is 400 g/mol. The minimum atomic E-state index is -2.09. The molecule has 0 spiro atoms. The van der Waals surface area contributed by atoms with E-state index in [1.165, 1.54) is 0 Å². The van der Waals surface area contributed by atoms with E-state index in [-0.39, 0.29) is 23.0 Å². The van der Waals surface area contributed by atoms with Crippen LogP contribution in [0.15, 0.2) is 54.1 Å². The van der Waals surface area contributed by atoms with Gasteiger partial charge >= 0.3 is 0 Å². The van der Waals surface area contributed by atoms with Crippen LogP contribution in [0.4, 0.5) is 8.78 Å². The van der Waals surface area contributed by atoms with Crippen molar-refractivity contribution in [1.29, 1.82) is 0 Å². The summed E-state index contributed by atoms with van der Waals surface area (Å²) in [7, 11) is 0. The van der Waals surface area contributed by atoms with Crippen LogP contribution in [-0.4, -0.2) is 9.99 Å². The van der Waals surface area contributed by atoms with Crippen molar-refractivity contribution in [2.75, 3.05) is 0 Å². The van der Waals surface area contributed by atoms with E-state index >= 15 is 0 Å². The van der Waals surface area contributed by atoms with Crippen molar-refractivity contribution in [1.82, 2.24) is 0 Å². The molecule has 3 rings (SSSR count). The zero-order valence-corrected chi connectivity index (χ0v) is 14.7. The quantitative estimate of drug-likeness (QED) is 0.834. The summed E-state index contributed by atoms with van der Waals surface area (Å²) < 4.78 is 48.8. The first-order valence-electron chi connectivity index (χ1n) is 7.31. The second-order valence-corrected chi connectivity index (χ2v) is 6.92. The van der Waals surface area contributed by atoms with E-state index in [4.69, 9.17) is 26.3 Å². The molecule has 0 saturated heterocycles. The molecule has 0 amide bonds. The second kappa shape index (κ2) is 7.43. The Labute approximate surface area is 155 Å². The number of ketones is 1. The number of carbonyl (C=O) groups excluding carboxylic acids is 1. The minimum absolute atomic E-state index is 0.112. The van der Waals surface area contributed by atoms with Crippen LogP contribution in [0.5, 0.6) is 0 Å². The summed E-state index contributed by atoms with van der Waals surface area (Å²) in [6, 6.07) is 9.08. The lowest BCUT2D eigenvalue weighted by atomic mass is 10.1. The van der Waals surface area contributed by atoms with Crippen LogP contribution in [0, 0.1) is 11.6 Å². The second-order valence-electron chi connectivity index (χ2n) is 5.42. The number of ether oxygens (including phenoxy) is 1. The summed E-state index contributed by atoms with van der Waals surface area (Å²) in [4.78, 5) is 12.4. The number of Topliss-reactive ketones (excluding diaryl/α,β-unsaturated/α-hetero) is 1. The third-order valence-corrected chi connectivity index (χ3v) is 4.66. The zero-order valence-electron chi connectivity index (χ0n) is 13.1. The Morgan fingerprint density at radius 3 is 2.38 bits per heavy atom. The van der Waals surface area contributed by atoms with Crippen molar-refractivity contribution in [3.05, 3.63) is 81.9 Å². The molecule has 2 atom stereocenters. The lowest BCUT2D eigenvalue weighted by molar-refractivity contribution is -0.123. The maximum atomic E-state index is 13.2. The molecule has 2 unspecified atom stereocenters. The molecule has 0 aliphatic carbocycles. The largest absolute Gasteiger partial charge is 0.460 e. The molecule has 0 aromatic heterocycles. The molecule has 0 saturated carbocycles. The molecular weight excluding hydrogens is 388 g/mol. The first kappa shape index (κ1) is 18.3. The number of rotatable bonds is 5. The first-order valence-corrected chi connectivity index (χ1v) is 8.93. The minimum Gasteiger partial charge on any atom is -0.460 e. The fourth-order valence-electron chi connectivity index (χ4n) is 2.37. The Hall–Kier alpha value is -2.45. The lowest BCUT2D eigenvalue weighted by Gasteiger charge is -2.09. The van der Waals surface area contributed by atoms with Gasteiger partial charge < -0.3 is 14.7 Å². The standard InChI is InChI=1S/C17H12ClF2NO4S/c18-11-3-1-10(2-4-11)15-14(22)16(17(21)24-15)25-26(23)8-9-5-12(19)7-13(20)6-9/h1-7,15H,8,21H2. The van der Waals surface area contributed by atoms with E-state index in [0.29, 0.717) is 16.7 Å². The van der Waals surface area contributed by atoms with Gasteiger partial charge in [-0.05, 0) is 29.8 Å². The predicted octanol–water partition coefficient (Wildman–Crippen LogP) is 3.27. The first-order chi connectivity index (χ1) is 12.3. The molecule has 0 bridgehead atoms. The summed E-state index contributed by atoms with van der Waals surface area (Å²) in [6.07, 6.45) is -1.04. The predicted molar refractivity (Wildman–Crippen MR) is 90.8 cm³/mol. The average Bonchev–Trinajstić information content (AvgIpc) is 2.83. The van der Waals surface area contributed by atoms with Gasteiger partial charge in [0.2, 0.25) is 28.5 Å². The summed E-state index contributed by atoms with van der Waals surface area (Å²) in [5.41, 5.74) is 6.26. The molecule has 5 nitrogen and oxygen atoms in total. The molecule has 136 valence electrons. The molecular formula is C17H12ClF2NO4S. The summed E-state index contributed by atoms with van der Waals surface area (Å²) in [6.45, 7) is 0. The lowest BCUT2D eigenvalue weighted by Crippen LogP contribution is -2.13. The van der Waals surface area contributed by atoms with Crippen LogP contribution in [0.2, 0.25) is 5.02 Å². The van der Waals surface area contributed by atoms with Gasteiger partial charge in [0.25, 0.3) is 0 Å². The highest BCUT2D eigenvalue weighted by Gasteiger charge is 2.38. The SMILES string of the molecule is NC1=C(OS(=O)Cc2cc(F)cc(F)c2)C(=O)C(c2ccc(Cl)cc2)O1. The van der Waals surface area contributed by atoms with E-state index in [9.17, 15) is 17.8 Å². The molecule has 1 heterocycles. The van der Waals surface area contributed by atoms with E-state index in [1.807, 2.05) is 0 Å². The van der Waals surface area contributed by atoms with E-state index in [1.54, 1.807) is 24.3 Å². The third-order valence-electron chi connectivity index (χ3n) is 3.49. The zero-order chi connectivity index (χ0) is 18.8. The van der Waals surface area contributed by atoms with Crippen molar-refractivity contribution < 1.29 is 26.7 Å². The summed E-state index contributed by atoms with van der Waals surface area (Å²) >= 11 is 3.71. The highest BCUT2D eigenvalue weighted by Crippen LogP contribution is 2.32. The smallest absolute Gasteiger partial charge is 0.249 e. The third kappa shape index (κ3) is 4.03. The molecule has 0 fully saturated rings. The Balaban J connectivity index is 1.70. The van der Waals surface area contributed by atoms with Gasteiger partial charge in [0.05, 0.1) is 5.75 Å². The number of carbonyl (C=O) groups is 1. The van der Waals surface area contributed by atoms with Gasteiger partial charge in [-0.3, -0.25) is 4.79 Å². The van der Waals surface area contributed by atoms with Crippen molar-refractivity contribution in [2.45, 2.75) is 11.9 Å².